The highest BCUT2D eigenvalue weighted by Gasteiger charge is 2.13. The van der Waals surface area contributed by atoms with Crippen molar-refractivity contribution in [3.63, 3.8) is 0 Å². The summed E-state index contributed by atoms with van der Waals surface area (Å²) < 4.78 is 2.01. The molecule has 3 N–H and O–H groups in total. The third-order valence-corrected chi connectivity index (χ3v) is 4.43. The number of hydrogen-bond donors (Lipinski definition) is 2. The van der Waals surface area contributed by atoms with E-state index in [0.29, 0.717) is 6.54 Å². The first-order valence-electron chi connectivity index (χ1n) is 8.56. The molecule has 0 amide bonds. The Hall–Kier alpha value is -1.87. The summed E-state index contributed by atoms with van der Waals surface area (Å²) in [7, 11) is 0. The van der Waals surface area contributed by atoms with Gasteiger partial charge in [-0.1, -0.05) is 40.3 Å². The topological polar surface area (TPSA) is 89.6 Å². The summed E-state index contributed by atoms with van der Waals surface area (Å²) in [5, 5.41) is 3.42. The molecular formula is C19H25IN6. The number of allylic oxidation sites excluding steroid dienone is 3. The first kappa shape index (κ1) is 20.4. The average Bonchev–Trinajstić information content (AvgIpc) is 2.62. The fraction of sp³-hybridized carbons (Fsp3) is 0.368. The minimum Gasteiger partial charge on any atom is -0.363 e. The van der Waals surface area contributed by atoms with Crippen molar-refractivity contribution in [1.82, 2.24) is 19.9 Å². The molecule has 2 heterocycles. The number of nitrogens with zero attached hydrogens (tertiary/aromatic N) is 4. The second-order valence-corrected chi connectivity index (χ2v) is 6.78. The van der Waals surface area contributed by atoms with Crippen LogP contribution in [-0.2, 0) is 13.0 Å². The molecule has 138 valence electrons. The van der Waals surface area contributed by atoms with Crippen LogP contribution in [0.3, 0.4) is 0 Å². The maximum atomic E-state index is 5.99. The van der Waals surface area contributed by atoms with Crippen LogP contribution in [-0.4, -0.2) is 19.9 Å². The zero-order valence-corrected chi connectivity index (χ0v) is 17.6. The quantitative estimate of drug-likeness (QED) is 0.453. The highest BCUT2D eigenvalue weighted by atomic mass is 127. The predicted molar refractivity (Wildman–Crippen MR) is 114 cm³/mol. The Bertz CT molecular complexity index is 770. The van der Waals surface area contributed by atoms with Gasteiger partial charge >= 0.3 is 0 Å². The lowest BCUT2D eigenvalue weighted by molar-refractivity contribution is 0.820. The maximum absolute atomic E-state index is 5.99. The van der Waals surface area contributed by atoms with Crippen molar-refractivity contribution in [3.05, 3.63) is 63.2 Å². The van der Waals surface area contributed by atoms with E-state index in [0.717, 1.165) is 41.3 Å². The number of hydrogen-bond acceptors (Lipinski definition) is 6. The Morgan fingerprint density at radius 1 is 1.27 bits per heavy atom. The van der Waals surface area contributed by atoms with E-state index in [4.69, 9.17) is 5.73 Å². The minimum atomic E-state index is 0.0274. The number of nitrogens with two attached hydrogens (primary N) is 1. The highest BCUT2D eigenvalue weighted by molar-refractivity contribution is 14.1. The second kappa shape index (κ2) is 10.3. The summed E-state index contributed by atoms with van der Waals surface area (Å²) in [4.78, 5) is 17.3. The lowest BCUT2D eigenvalue weighted by Crippen LogP contribution is -2.15. The molecule has 2 aromatic rings. The first-order chi connectivity index (χ1) is 12.5. The molecule has 26 heavy (non-hydrogen) atoms. The van der Waals surface area contributed by atoms with Crippen LogP contribution in [0.25, 0.3) is 0 Å². The van der Waals surface area contributed by atoms with Crippen LogP contribution in [0.15, 0.2) is 40.5 Å². The number of halogens is 1. The third-order valence-electron chi connectivity index (χ3n) is 4.07. The van der Waals surface area contributed by atoms with Crippen LogP contribution in [0.5, 0.6) is 0 Å². The first-order valence-corrected chi connectivity index (χ1v) is 9.81. The Morgan fingerprint density at radius 2 is 2.00 bits per heavy atom. The Balaban J connectivity index is 2.13. The van der Waals surface area contributed by atoms with Crippen molar-refractivity contribution in [1.29, 1.82) is 0 Å². The zero-order chi connectivity index (χ0) is 18.9. The van der Waals surface area contributed by atoms with Gasteiger partial charge in [0, 0.05) is 30.1 Å². The molecule has 0 aromatic carbocycles. The SMILES string of the molecule is CC(=CCCc1ncnc(N[C@H](C)c2cnc(C)nc2)c1CN)/C=C\I. The molecule has 0 radical (unpaired) electrons. The van der Waals surface area contributed by atoms with Gasteiger partial charge in [-0.15, -0.1) is 0 Å². The molecule has 0 aliphatic carbocycles. The largest absolute Gasteiger partial charge is 0.363 e. The van der Waals surface area contributed by atoms with Gasteiger partial charge in [0.05, 0.1) is 11.7 Å². The Kier molecular flexibility index (Phi) is 8.11. The normalized spacial score (nSPS) is 13.2. The molecule has 0 saturated carbocycles. The average molecular weight is 464 g/mol. The van der Waals surface area contributed by atoms with E-state index in [1.165, 1.54) is 5.57 Å². The van der Waals surface area contributed by atoms with Crippen molar-refractivity contribution in [2.45, 2.75) is 46.2 Å². The minimum absolute atomic E-state index is 0.0274. The molecule has 0 unspecified atom stereocenters. The zero-order valence-electron chi connectivity index (χ0n) is 15.4. The smallest absolute Gasteiger partial charge is 0.134 e. The van der Waals surface area contributed by atoms with Crippen molar-refractivity contribution < 1.29 is 0 Å². The lowest BCUT2D eigenvalue weighted by atomic mass is 10.1. The van der Waals surface area contributed by atoms with Crippen molar-refractivity contribution >= 4 is 28.4 Å². The fourth-order valence-corrected chi connectivity index (χ4v) is 3.09. The van der Waals surface area contributed by atoms with Gasteiger partial charge in [-0.05, 0) is 37.7 Å². The van der Waals surface area contributed by atoms with Crippen LogP contribution in [0.4, 0.5) is 5.82 Å². The molecule has 0 spiro atoms. The highest BCUT2D eigenvalue weighted by Crippen LogP contribution is 2.22. The van der Waals surface area contributed by atoms with Gasteiger partial charge in [0.2, 0.25) is 0 Å². The summed E-state index contributed by atoms with van der Waals surface area (Å²) in [6.07, 6.45) is 11.3. The number of rotatable bonds is 8. The van der Waals surface area contributed by atoms with Gasteiger partial charge in [0.15, 0.2) is 0 Å². The summed E-state index contributed by atoms with van der Waals surface area (Å²) in [6.45, 7) is 6.42. The van der Waals surface area contributed by atoms with Crippen LogP contribution < -0.4 is 11.1 Å². The van der Waals surface area contributed by atoms with Crippen LogP contribution in [0.1, 0.15) is 49.0 Å². The molecule has 2 rings (SSSR count). The van der Waals surface area contributed by atoms with Crippen LogP contribution >= 0.6 is 22.6 Å². The lowest BCUT2D eigenvalue weighted by Gasteiger charge is -2.18. The maximum Gasteiger partial charge on any atom is 0.134 e. The van der Waals surface area contributed by atoms with E-state index in [1.807, 2.05) is 23.4 Å². The molecule has 1 atom stereocenters. The molecule has 0 fully saturated rings. The van der Waals surface area contributed by atoms with Crippen LogP contribution in [0, 0.1) is 6.92 Å². The Morgan fingerprint density at radius 3 is 2.65 bits per heavy atom. The van der Waals surface area contributed by atoms with Gasteiger partial charge < -0.3 is 11.1 Å². The van der Waals surface area contributed by atoms with Gasteiger partial charge in [0.25, 0.3) is 0 Å². The van der Waals surface area contributed by atoms with Gasteiger partial charge in [0.1, 0.15) is 18.0 Å². The number of aromatic nitrogens is 4. The number of aryl methyl sites for hydroxylation is 2. The molecule has 6 nitrogen and oxygen atoms in total. The van der Waals surface area contributed by atoms with Crippen molar-refractivity contribution in [3.8, 4) is 0 Å². The van der Waals surface area contributed by atoms with Gasteiger partial charge in [-0.25, -0.2) is 19.9 Å². The van der Waals surface area contributed by atoms with E-state index >= 15 is 0 Å². The molecule has 0 aliphatic heterocycles. The molecular weight excluding hydrogens is 439 g/mol. The molecule has 7 heteroatoms. The summed E-state index contributed by atoms with van der Waals surface area (Å²) >= 11 is 2.22. The predicted octanol–water partition coefficient (Wildman–Crippen LogP) is 4.03. The van der Waals surface area contributed by atoms with Gasteiger partial charge in [-0.3, -0.25) is 0 Å². The monoisotopic (exact) mass is 464 g/mol. The molecule has 0 aliphatic rings. The molecule has 0 bridgehead atoms. The van der Waals surface area contributed by atoms with E-state index in [9.17, 15) is 0 Å². The van der Waals surface area contributed by atoms with E-state index in [2.05, 4.69) is 73.8 Å². The van der Waals surface area contributed by atoms with E-state index in [1.54, 1.807) is 6.33 Å². The standard InChI is InChI=1S/C19H25IN6/c1-13(7-8-20)5-4-6-18-17(9-21)19(25-12-24-18)26-14(2)16-10-22-15(3)23-11-16/h5,7-8,10-12,14H,4,6,9,21H2,1-3H3,(H,24,25,26)/b8-7-,13-5?/t14-/m1/s1. The van der Waals surface area contributed by atoms with Crippen molar-refractivity contribution in [2.75, 3.05) is 5.32 Å². The summed E-state index contributed by atoms with van der Waals surface area (Å²) in [5.74, 6) is 1.53. The van der Waals surface area contributed by atoms with E-state index < -0.39 is 0 Å². The Labute approximate surface area is 168 Å². The number of anilines is 1. The molecule has 0 saturated heterocycles. The van der Waals surface area contributed by atoms with E-state index in [-0.39, 0.29) is 6.04 Å². The van der Waals surface area contributed by atoms with Crippen molar-refractivity contribution in [2.24, 2.45) is 5.73 Å². The third kappa shape index (κ3) is 5.84. The number of nitrogens with one attached hydrogen (secondary N) is 1. The second-order valence-electron chi connectivity index (χ2n) is 6.06. The van der Waals surface area contributed by atoms with Gasteiger partial charge in [-0.2, -0.15) is 0 Å². The van der Waals surface area contributed by atoms with Crippen LogP contribution in [0.2, 0.25) is 0 Å². The summed E-state index contributed by atoms with van der Waals surface area (Å²) in [5.41, 5.74) is 10.2. The molecule has 2 aromatic heterocycles. The summed E-state index contributed by atoms with van der Waals surface area (Å²) in [6, 6.07) is 0.0274. The fourth-order valence-electron chi connectivity index (χ4n) is 2.52.